The van der Waals surface area contributed by atoms with Gasteiger partial charge in [-0.1, -0.05) is 29.9 Å². The summed E-state index contributed by atoms with van der Waals surface area (Å²) in [5, 5.41) is 16.3. The molecular formula is C15H17ClN2O3S. The second-order valence-corrected chi connectivity index (χ2v) is 6.43. The van der Waals surface area contributed by atoms with E-state index in [4.69, 9.17) is 28.6 Å². The first-order valence-corrected chi connectivity index (χ1v) is 7.42. The predicted octanol–water partition coefficient (Wildman–Crippen LogP) is 3.20. The van der Waals surface area contributed by atoms with Gasteiger partial charge in [0.05, 0.1) is 17.8 Å². The minimum Gasteiger partial charge on any atom is -0.511 e. The number of carbonyl (C=O) groups excluding carboxylic acids is 1. The molecule has 0 saturated carbocycles. The van der Waals surface area contributed by atoms with Crippen LogP contribution in [0.2, 0.25) is 5.02 Å². The Kier molecular flexibility index (Phi) is 4.63. The largest absolute Gasteiger partial charge is 0.511 e. The van der Waals surface area contributed by atoms with E-state index in [1.165, 1.54) is 7.11 Å². The van der Waals surface area contributed by atoms with Crippen molar-refractivity contribution in [2.75, 3.05) is 12.4 Å². The van der Waals surface area contributed by atoms with E-state index >= 15 is 0 Å². The van der Waals surface area contributed by atoms with E-state index < -0.39 is 11.4 Å². The summed E-state index contributed by atoms with van der Waals surface area (Å²) in [7, 11) is 1.49. The highest BCUT2D eigenvalue weighted by Crippen LogP contribution is 2.33. The number of para-hydroxylation sites is 1. The maximum atomic E-state index is 12.2. The lowest BCUT2D eigenvalue weighted by molar-refractivity contribution is -0.119. The van der Waals surface area contributed by atoms with Crippen LogP contribution in [0.25, 0.3) is 0 Å². The fourth-order valence-corrected chi connectivity index (χ4v) is 2.86. The summed E-state index contributed by atoms with van der Waals surface area (Å²) < 4.78 is 5.22. The highest BCUT2D eigenvalue weighted by Gasteiger charge is 2.34. The van der Waals surface area contributed by atoms with Crippen LogP contribution in [-0.2, 0) is 4.79 Å². The number of rotatable bonds is 3. The lowest BCUT2D eigenvalue weighted by Gasteiger charge is -2.32. The molecule has 0 aliphatic carbocycles. The number of methoxy groups -OCH3 is 1. The SMILES string of the molecule is COc1c(Cl)cccc1NC(=S)C1=C(O)CC(C)(C)NC1=O. The van der Waals surface area contributed by atoms with E-state index in [1.807, 2.05) is 13.8 Å². The lowest BCUT2D eigenvalue weighted by atomic mass is 9.92. The third kappa shape index (κ3) is 3.34. The van der Waals surface area contributed by atoms with Crippen LogP contribution in [0.5, 0.6) is 5.75 Å². The van der Waals surface area contributed by atoms with Crippen LogP contribution in [0, 0.1) is 0 Å². The van der Waals surface area contributed by atoms with Crippen LogP contribution in [0.3, 0.4) is 0 Å². The summed E-state index contributed by atoms with van der Waals surface area (Å²) in [6.45, 7) is 3.66. The molecule has 1 amide bonds. The molecule has 1 aliphatic rings. The van der Waals surface area contributed by atoms with E-state index in [0.717, 1.165) is 0 Å². The number of aliphatic hydroxyl groups excluding tert-OH is 1. The van der Waals surface area contributed by atoms with Crippen molar-refractivity contribution in [2.45, 2.75) is 25.8 Å². The Hall–Kier alpha value is -1.79. The molecule has 5 nitrogen and oxygen atoms in total. The Labute approximate surface area is 139 Å². The number of carbonyl (C=O) groups is 1. The van der Waals surface area contributed by atoms with Gasteiger partial charge in [-0.15, -0.1) is 0 Å². The second-order valence-electron chi connectivity index (χ2n) is 5.61. The van der Waals surface area contributed by atoms with Crippen LogP contribution >= 0.6 is 23.8 Å². The maximum Gasteiger partial charge on any atom is 0.258 e. The van der Waals surface area contributed by atoms with Crippen molar-refractivity contribution in [2.24, 2.45) is 0 Å². The van der Waals surface area contributed by atoms with Gasteiger partial charge < -0.3 is 20.5 Å². The molecule has 0 unspecified atom stereocenters. The first-order valence-electron chi connectivity index (χ1n) is 6.63. The molecular weight excluding hydrogens is 324 g/mol. The van der Waals surface area contributed by atoms with Gasteiger partial charge in [0.2, 0.25) is 0 Å². The van der Waals surface area contributed by atoms with E-state index in [-0.39, 0.29) is 16.3 Å². The van der Waals surface area contributed by atoms with E-state index in [0.29, 0.717) is 22.9 Å². The van der Waals surface area contributed by atoms with Crippen molar-refractivity contribution in [3.8, 4) is 5.75 Å². The Balaban J connectivity index is 2.30. The summed E-state index contributed by atoms with van der Waals surface area (Å²) in [6.07, 6.45) is 0.308. The zero-order valence-electron chi connectivity index (χ0n) is 12.5. The zero-order valence-corrected chi connectivity index (χ0v) is 14.1. The molecule has 118 valence electrons. The van der Waals surface area contributed by atoms with Crippen molar-refractivity contribution in [1.29, 1.82) is 0 Å². The third-order valence-corrected chi connectivity index (χ3v) is 3.83. The summed E-state index contributed by atoms with van der Waals surface area (Å²) in [6, 6.07) is 5.13. The molecule has 0 fully saturated rings. The molecule has 3 N–H and O–H groups in total. The van der Waals surface area contributed by atoms with E-state index in [9.17, 15) is 9.90 Å². The van der Waals surface area contributed by atoms with E-state index in [1.54, 1.807) is 18.2 Å². The molecule has 1 aliphatic heterocycles. The van der Waals surface area contributed by atoms with Crippen LogP contribution in [0.1, 0.15) is 20.3 Å². The van der Waals surface area contributed by atoms with Crippen molar-refractivity contribution >= 4 is 40.4 Å². The standard InChI is InChI=1S/C15H17ClN2O3S/c1-15(2)7-10(19)11(13(20)18-15)14(22)17-9-6-4-5-8(16)12(9)21-3/h4-6,19H,7H2,1-3H3,(H,17,22)(H,18,20). The predicted molar refractivity (Wildman–Crippen MR) is 90.7 cm³/mol. The number of anilines is 1. The number of nitrogens with one attached hydrogen (secondary N) is 2. The lowest BCUT2D eigenvalue weighted by Crippen LogP contribution is -2.49. The van der Waals surface area contributed by atoms with Gasteiger partial charge in [0, 0.05) is 12.0 Å². The Morgan fingerprint density at radius 1 is 1.50 bits per heavy atom. The zero-order chi connectivity index (χ0) is 16.5. The van der Waals surface area contributed by atoms with Crippen LogP contribution < -0.4 is 15.4 Å². The quantitative estimate of drug-likeness (QED) is 0.737. The van der Waals surface area contributed by atoms with Gasteiger partial charge in [-0.2, -0.15) is 0 Å². The molecule has 1 aromatic rings. The van der Waals surface area contributed by atoms with Crippen molar-refractivity contribution in [1.82, 2.24) is 5.32 Å². The Morgan fingerprint density at radius 2 is 2.18 bits per heavy atom. The number of benzene rings is 1. The van der Waals surface area contributed by atoms with Gasteiger partial charge in [0.1, 0.15) is 16.3 Å². The normalized spacial score (nSPS) is 17.0. The van der Waals surface area contributed by atoms with Crippen molar-refractivity contribution in [3.05, 3.63) is 34.6 Å². The summed E-state index contributed by atoms with van der Waals surface area (Å²) >= 11 is 11.3. The number of amides is 1. The smallest absolute Gasteiger partial charge is 0.258 e. The molecule has 0 aromatic heterocycles. The Bertz CT molecular complexity index is 671. The molecule has 0 radical (unpaired) electrons. The Morgan fingerprint density at radius 3 is 2.77 bits per heavy atom. The number of hydrogen-bond acceptors (Lipinski definition) is 4. The second kappa shape index (κ2) is 6.14. The number of hydrogen-bond donors (Lipinski definition) is 3. The highest BCUT2D eigenvalue weighted by atomic mass is 35.5. The van der Waals surface area contributed by atoms with Gasteiger partial charge in [-0.3, -0.25) is 4.79 Å². The molecule has 0 atom stereocenters. The monoisotopic (exact) mass is 340 g/mol. The summed E-state index contributed by atoms with van der Waals surface area (Å²) in [4.78, 5) is 12.3. The van der Waals surface area contributed by atoms with Gasteiger partial charge in [0.25, 0.3) is 5.91 Å². The third-order valence-electron chi connectivity index (χ3n) is 3.22. The van der Waals surface area contributed by atoms with E-state index in [2.05, 4.69) is 10.6 Å². The number of thiocarbonyl (C=S) groups is 1. The minimum atomic E-state index is -0.506. The minimum absolute atomic E-state index is 0.0350. The first kappa shape index (κ1) is 16.6. The van der Waals surface area contributed by atoms with Gasteiger partial charge in [0.15, 0.2) is 5.75 Å². The number of halogens is 1. The highest BCUT2D eigenvalue weighted by molar-refractivity contribution is 7.81. The topological polar surface area (TPSA) is 70.6 Å². The van der Waals surface area contributed by atoms with Crippen molar-refractivity contribution < 1.29 is 14.6 Å². The average Bonchev–Trinajstić information content (AvgIpc) is 2.36. The molecule has 0 bridgehead atoms. The fourth-order valence-electron chi connectivity index (χ4n) is 2.29. The number of aliphatic hydroxyl groups is 1. The molecule has 1 heterocycles. The molecule has 7 heteroatoms. The molecule has 22 heavy (non-hydrogen) atoms. The summed E-state index contributed by atoms with van der Waals surface area (Å²) in [5.41, 5.74) is 0.0860. The first-order chi connectivity index (χ1) is 10.2. The molecule has 0 spiro atoms. The van der Waals surface area contributed by atoms with Crippen molar-refractivity contribution in [3.63, 3.8) is 0 Å². The molecule has 1 aromatic carbocycles. The molecule has 2 rings (SSSR count). The van der Waals surface area contributed by atoms with Crippen LogP contribution in [0.4, 0.5) is 5.69 Å². The summed E-state index contributed by atoms with van der Waals surface area (Å²) in [5.74, 6) is -0.0253. The fraction of sp³-hybridized carbons (Fsp3) is 0.333. The van der Waals surface area contributed by atoms with Gasteiger partial charge in [-0.05, 0) is 26.0 Å². The number of ether oxygens (including phenoxy) is 1. The van der Waals surface area contributed by atoms with Crippen LogP contribution in [0.15, 0.2) is 29.5 Å². The average molecular weight is 341 g/mol. The maximum absolute atomic E-state index is 12.2. The molecule has 0 saturated heterocycles. The van der Waals surface area contributed by atoms with Crippen LogP contribution in [-0.4, -0.2) is 28.7 Å². The van der Waals surface area contributed by atoms with Gasteiger partial charge >= 0.3 is 0 Å². The van der Waals surface area contributed by atoms with Gasteiger partial charge in [-0.25, -0.2) is 0 Å².